The Hall–Kier alpha value is -2.66. The van der Waals surface area contributed by atoms with Crippen LogP contribution in [0.15, 0.2) is 54.6 Å². The first-order valence-corrected chi connectivity index (χ1v) is 9.69. The lowest BCUT2D eigenvalue weighted by Crippen LogP contribution is -2.33. The van der Waals surface area contributed by atoms with Gasteiger partial charge in [-0.2, -0.15) is 0 Å². The van der Waals surface area contributed by atoms with Gasteiger partial charge < -0.3 is 16.0 Å². The number of benzene rings is 2. The number of para-hydroxylation sites is 1. The van der Waals surface area contributed by atoms with Crippen LogP contribution >= 0.6 is 0 Å². The standard InChI is InChI=1S/C22H25N3O2/c26-20(14-23-21(16-10-11-16)15-6-2-1-3-7-15)25-19-9-5-4-8-18(19)22(27)24-17-12-13-17/h1-9,16-17,21,23H,10-14H2,(H,24,27)(H,25,26). The molecule has 2 fully saturated rings. The highest BCUT2D eigenvalue weighted by atomic mass is 16.2. The first-order valence-electron chi connectivity index (χ1n) is 9.69. The van der Waals surface area contributed by atoms with Crippen molar-refractivity contribution < 1.29 is 9.59 Å². The highest BCUT2D eigenvalue weighted by Gasteiger charge is 2.32. The third-order valence-corrected chi connectivity index (χ3v) is 5.09. The number of amides is 2. The van der Waals surface area contributed by atoms with Gasteiger partial charge in [-0.3, -0.25) is 9.59 Å². The number of anilines is 1. The SMILES string of the molecule is O=C(CNC(c1ccccc1)C1CC1)Nc1ccccc1C(=O)NC1CC1. The smallest absolute Gasteiger partial charge is 0.253 e. The molecular weight excluding hydrogens is 338 g/mol. The van der Waals surface area contributed by atoms with Crippen molar-refractivity contribution in [1.82, 2.24) is 10.6 Å². The monoisotopic (exact) mass is 363 g/mol. The van der Waals surface area contributed by atoms with E-state index in [9.17, 15) is 9.59 Å². The molecule has 0 spiro atoms. The van der Waals surface area contributed by atoms with Gasteiger partial charge in [0.05, 0.1) is 17.8 Å². The fourth-order valence-corrected chi connectivity index (χ4v) is 3.32. The third-order valence-electron chi connectivity index (χ3n) is 5.09. The van der Waals surface area contributed by atoms with Crippen LogP contribution in [0.5, 0.6) is 0 Å². The molecular formula is C22H25N3O2. The van der Waals surface area contributed by atoms with Crippen LogP contribution in [0.1, 0.15) is 47.6 Å². The van der Waals surface area contributed by atoms with Crippen LogP contribution in [0.2, 0.25) is 0 Å². The second-order valence-corrected chi connectivity index (χ2v) is 7.45. The van der Waals surface area contributed by atoms with Crippen molar-refractivity contribution in [1.29, 1.82) is 0 Å². The van der Waals surface area contributed by atoms with E-state index in [2.05, 4.69) is 28.1 Å². The molecule has 0 radical (unpaired) electrons. The van der Waals surface area contributed by atoms with Crippen molar-refractivity contribution in [3.63, 3.8) is 0 Å². The maximum Gasteiger partial charge on any atom is 0.253 e. The highest BCUT2D eigenvalue weighted by Crippen LogP contribution is 2.40. The van der Waals surface area contributed by atoms with Gasteiger partial charge in [-0.25, -0.2) is 0 Å². The first kappa shape index (κ1) is 17.7. The number of hydrogen-bond acceptors (Lipinski definition) is 3. The fourth-order valence-electron chi connectivity index (χ4n) is 3.32. The molecule has 2 aromatic rings. The lowest BCUT2D eigenvalue weighted by molar-refractivity contribution is -0.115. The topological polar surface area (TPSA) is 70.2 Å². The second kappa shape index (κ2) is 7.92. The molecule has 0 heterocycles. The van der Waals surface area contributed by atoms with E-state index < -0.39 is 0 Å². The average Bonchev–Trinajstić information content (AvgIpc) is 3.58. The summed E-state index contributed by atoms with van der Waals surface area (Å²) in [4.78, 5) is 24.9. The maximum absolute atomic E-state index is 12.5. The minimum Gasteiger partial charge on any atom is -0.349 e. The largest absolute Gasteiger partial charge is 0.349 e. The Morgan fingerprint density at radius 2 is 1.63 bits per heavy atom. The molecule has 140 valence electrons. The molecule has 0 aromatic heterocycles. The van der Waals surface area contributed by atoms with Gasteiger partial charge in [0, 0.05) is 12.1 Å². The Morgan fingerprint density at radius 1 is 0.926 bits per heavy atom. The summed E-state index contributed by atoms with van der Waals surface area (Å²) >= 11 is 0. The zero-order valence-electron chi connectivity index (χ0n) is 15.3. The molecule has 0 bridgehead atoms. The summed E-state index contributed by atoms with van der Waals surface area (Å²) in [7, 11) is 0. The Kier molecular flexibility index (Phi) is 5.21. The number of carbonyl (C=O) groups excluding carboxylic acids is 2. The summed E-state index contributed by atoms with van der Waals surface area (Å²) in [5.74, 6) is 0.335. The van der Waals surface area contributed by atoms with Gasteiger partial charge in [-0.1, -0.05) is 42.5 Å². The molecule has 2 aliphatic rings. The van der Waals surface area contributed by atoms with Gasteiger partial charge in [-0.05, 0) is 49.3 Å². The quantitative estimate of drug-likeness (QED) is 0.674. The van der Waals surface area contributed by atoms with Crippen LogP contribution in [0, 0.1) is 5.92 Å². The predicted octanol–water partition coefficient (Wildman–Crippen LogP) is 3.26. The number of carbonyl (C=O) groups is 2. The minimum absolute atomic E-state index is 0.124. The summed E-state index contributed by atoms with van der Waals surface area (Å²) < 4.78 is 0. The Bertz CT molecular complexity index is 813. The molecule has 5 nitrogen and oxygen atoms in total. The van der Waals surface area contributed by atoms with Crippen LogP contribution in [-0.4, -0.2) is 24.4 Å². The van der Waals surface area contributed by atoms with E-state index in [1.54, 1.807) is 12.1 Å². The maximum atomic E-state index is 12.5. The van der Waals surface area contributed by atoms with Crippen molar-refractivity contribution in [2.75, 3.05) is 11.9 Å². The summed E-state index contributed by atoms with van der Waals surface area (Å²) in [5, 5.41) is 9.26. The molecule has 0 aliphatic heterocycles. The highest BCUT2D eigenvalue weighted by molar-refractivity contribution is 6.04. The van der Waals surface area contributed by atoms with Gasteiger partial charge in [-0.15, -0.1) is 0 Å². The van der Waals surface area contributed by atoms with E-state index in [0.29, 0.717) is 17.2 Å². The molecule has 2 aromatic carbocycles. The molecule has 2 aliphatic carbocycles. The second-order valence-electron chi connectivity index (χ2n) is 7.45. The molecule has 1 unspecified atom stereocenters. The summed E-state index contributed by atoms with van der Waals surface area (Å²) in [6, 6.07) is 17.9. The van der Waals surface area contributed by atoms with E-state index >= 15 is 0 Å². The van der Waals surface area contributed by atoms with Gasteiger partial charge in [0.25, 0.3) is 5.91 Å². The number of rotatable bonds is 8. The summed E-state index contributed by atoms with van der Waals surface area (Å²) in [5.41, 5.74) is 2.29. The molecule has 2 amide bonds. The van der Waals surface area contributed by atoms with E-state index in [1.165, 1.54) is 18.4 Å². The molecule has 27 heavy (non-hydrogen) atoms. The van der Waals surface area contributed by atoms with Gasteiger partial charge in [0.1, 0.15) is 0 Å². The van der Waals surface area contributed by atoms with Crippen LogP contribution in [0.4, 0.5) is 5.69 Å². The van der Waals surface area contributed by atoms with Crippen molar-refractivity contribution in [3.05, 3.63) is 65.7 Å². The number of hydrogen-bond donors (Lipinski definition) is 3. The molecule has 2 saturated carbocycles. The van der Waals surface area contributed by atoms with E-state index in [1.807, 2.05) is 30.3 Å². The lowest BCUT2D eigenvalue weighted by atomic mass is 10.0. The van der Waals surface area contributed by atoms with E-state index in [0.717, 1.165) is 12.8 Å². The molecule has 5 heteroatoms. The zero-order chi connectivity index (χ0) is 18.6. The van der Waals surface area contributed by atoms with Crippen molar-refractivity contribution in [2.45, 2.75) is 37.8 Å². The molecule has 3 N–H and O–H groups in total. The van der Waals surface area contributed by atoms with Crippen molar-refractivity contribution >= 4 is 17.5 Å². The summed E-state index contributed by atoms with van der Waals surface area (Å²) in [6.07, 6.45) is 4.45. The number of nitrogens with one attached hydrogen (secondary N) is 3. The predicted molar refractivity (Wildman–Crippen MR) is 105 cm³/mol. The lowest BCUT2D eigenvalue weighted by Gasteiger charge is -2.19. The Morgan fingerprint density at radius 3 is 2.33 bits per heavy atom. The van der Waals surface area contributed by atoms with Gasteiger partial charge >= 0.3 is 0 Å². The molecule has 0 saturated heterocycles. The normalized spacial score (nSPS) is 17.2. The fraction of sp³-hybridized carbons (Fsp3) is 0.364. The van der Waals surface area contributed by atoms with Crippen LogP contribution in [0.3, 0.4) is 0 Å². The molecule has 1 atom stereocenters. The van der Waals surface area contributed by atoms with Crippen molar-refractivity contribution in [3.8, 4) is 0 Å². The third kappa shape index (κ3) is 4.74. The molecule has 4 rings (SSSR count). The van der Waals surface area contributed by atoms with Crippen LogP contribution in [-0.2, 0) is 4.79 Å². The van der Waals surface area contributed by atoms with Crippen LogP contribution < -0.4 is 16.0 Å². The first-order chi connectivity index (χ1) is 13.2. The average molecular weight is 363 g/mol. The van der Waals surface area contributed by atoms with Crippen molar-refractivity contribution in [2.24, 2.45) is 5.92 Å². The van der Waals surface area contributed by atoms with E-state index in [-0.39, 0.29) is 30.4 Å². The Labute approximate surface area is 159 Å². The van der Waals surface area contributed by atoms with Gasteiger partial charge in [0.2, 0.25) is 5.91 Å². The van der Waals surface area contributed by atoms with Gasteiger partial charge in [0.15, 0.2) is 0 Å². The van der Waals surface area contributed by atoms with E-state index in [4.69, 9.17) is 0 Å². The Balaban J connectivity index is 1.37. The zero-order valence-corrected chi connectivity index (χ0v) is 15.3. The van der Waals surface area contributed by atoms with Crippen LogP contribution in [0.25, 0.3) is 0 Å². The minimum atomic E-state index is -0.136. The summed E-state index contributed by atoms with van der Waals surface area (Å²) in [6.45, 7) is 0.217.